The second-order valence-corrected chi connectivity index (χ2v) is 6.01. The number of benzene rings is 2. The maximum absolute atomic E-state index is 12.2. The summed E-state index contributed by atoms with van der Waals surface area (Å²) in [4.78, 5) is 22.6. The fourth-order valence-corrected chi connectivity index (χ4v) is 2.46. The Morgan fingerprint density at radius 3 is 2.46 bits per heavy atom. The van der Waals surface area contributed by atoms with Crippen molar-refractivity contribution >= 4 is 40.8 Å². The zero-order chi connectivity index (χ0) is 19.1. The number of aliphatic carboxylic acids is 1. The number of halogens is 2. The second kappa shape index (κ2) is 9.22. The maximum Gasteiger partial charge on any atom is 0.272 e. The summed E-state index contributed by atoms with van der Waals surface area (Å²) in [5, 5.41) is 15.2. The van der Waals surface area contributed by atoms with Gasteiger partial charge >= 0.3 is 0 Å². The molecule has 0 saturated carbocycles. The highest BCUT2D eigenvalue weighted by molar-refractivity contribution is 6.35. The van der Waals surface area contributed by atoms with Crippen LogP contribution in [0, 0.1) is 0 Å². The Balaban J connectivity index is 2.11. The number of nitrogens with one attached hydrogen (secondary N) is 1. The van der Waals surface area contributed by atoms with Crippen molar-refractivity contribution in [3.05, 3.63) is 63.6 Å². The first-order valence-electron chi connectivity index (χ1n) is 7.65. The molecule has 0 fully saturated rings. The van der Waals surface area contributed by atoms with Gasteiger partial charge in [-0.05, 0) is 54.4 Å². The number of nitrogens with zero attached hydrogens (tertiary/aromatic N) is 1. The van der Waals surface area contributed by atoms with Crippen molar-refractivity contribution in [2.45, 2.75) is 13.3 Å². The van der Waals surface area contributed by atoms with Crippen molar-refractivity contribution in [3.63, 3.8) is 0 Å². The number of hydrogen-bond donors (Lipinski definition) is 1. The van der Waals surface area contributed by atoms with E-state index < -0.39 is 18.5 Å². The molecule has 136 valence electrons. The molecule has 2 aromatic rings. The standard InChI is InChI=1S/C18H16Cl2N2O4/c1-2-16(11-3-6-13(7-4-11)26-10-17(23)24)21-22-18(25)14-9-12(19)5-8-15(14)20/h3-9H,2,10H2,1H3,(H,22,25)(H,23,24)/p-1/b21-16-. The molecule has 0 aliphatic heterocycles. The molecule has 1 amide bonds. The number of carboxylic acids is 1. The Kier molecular flexibility index (Phi) is 7.00. The van der Waals surface area contributed by atoms with Crippen molar-refractivity contribution in [2.75, 3.05) is 6.61 Å². The molecular weight excluding hydrogens is 379 g/mol. The predicted octanol–water partition coefficient (Wildman–Crippen LogP) is 2.67. The Hall–Kier alpha value is -2.57. The lowest BCUT2D eigenvalue weighted by Crippen LogP contribution is -2.28. The minimum Gasteiger partial charge on any atom is -0.546 e. The Morgan fingerprint density at radius 1 is 1.15 bits per heavy atom. The van der Waals surface area contributed by atoms with Crippen LogP contribution >= 0.6 is 23.2 Å². The van der Waals surface area contributed by atoms with Crippen molar-refractivity contribution in [3.8, 4) is 5.75 Å². The van der Waals surface area contributed by atoms with E-state index in [0.29, 0.717) is 22.9 Å². The van der Waals surface area contributed by atoms with Crippen LogP contribution in [0.15, 0.2) is 47.6 Å². The number of amides is 1. The fourth-order valence-electron chi connectivity index (χ4n) is 2.08. The van der Waals surface area contributed by atoms with E-state index in [9.17, 15) is 14.7 Å². The van der Waals surface area contributed by atoms with Gasteiger partial charge in [-0.25, -0.2) is 5.43 Å². The van der Waals surface area contributed by atoms with E-state index in [1.165, 1.54) is 12.1 Å². The molecule has 0 saturated heterocycles. The lowest BCUT2D eigenvalue weighted by Gasteiger charge is -2.09. The first-order valence-corrected chi connectivity index (χ1v) is 8.41. The number of carbonyl (C=O) groups is 2. The zero-order valence-corrected chi connectivity index (χ0v) is 15.3. The van der Waals surface area contributed by atoms with Crippen LogP contribution in [-0.4, -0.2) is 24.2 Å². The van der Waals surface area contributed by atoms with E-state index in [1.807, 2.05) is 6.92 Å². The van der Waals surface area contributed by atoms with Crippen LogP contribution in [0.2, 0.25) is 10.0 Å². The number of carboxylic acid groups (broad SMARTS) is 1. The van der Waals surface area contributed by atoms with Crippen LogP contribution in [0.1, 0.15) is 29.3 Å². The molecule has 1 N–H and O–H groups in total. The van der Waals surface area contributed by atoms with Gasteiger partial charge in [0.15, 0.2) is 0 Å². The summed E-state index contributed by atoms with van der Waals surface area (Å²) < 4.78 is 5.02. The largest absolute Gasteiger partial charge is 0.546 e. The van der Waals surface area contributed by atoms with Crippen LogP contribution in [0.3, 0.4) is 0 Å². The minimum atomic E-state index is -1.30. The highest BCUT2D eigenvalue weighted by Gasteiger charge is 2.11. The summed E-state index contributed by atoms with van der Waals surface area (Å²) >= 11 is 11.9. The molecule has 0 aliphatic carbocycles. The van der Waals surface area contributed by atoms with Crippen molar-refractivity contribution in [2.24, 2.45) is 5.10 Å². The molecule has 0 radical (unpaired) electrons. The average Bonchev–Trinajstić information content (AvgIpc) is 2.63. The van der Waals surface area contributed by atoms with Crippen LogP contribution in [0.5, 0.6) is 5.75 Å². The van der Waals surface area contributed by atoms with Gasteiger partial charge in [0.2, 0.25) is 0 Å². The third kappa shape index (κ3) is 5.47. The monoisotopic (exact) mass is 393 g/mol. The quantitative estimate of drug-likeness (QED) is 0.578. The maximum atomic E-state index is 12.2. The van der Waals surface area contributed by atoms with E-state index in [2.05, 4.69) is 10.5 Å². The van der Waals surface area contributed by atoms with Crippen LogP contribution < -0.4 is 15.3 Å². The van der Waals surface area contributed by atoms with Crippen molar-refractivity contribution < 1.29 is 19.4 Å². The lowest BCUT2D eigenvalue weighted by molar-refractivity contribution is -0.307. The Morgan fingerprint density at radius 2 is 1.85 bits per heavy atom. The Labute approximate surface area is 160 Å². The highest BCUT2D eigenvalue weighted by atomic mass is 35.5. The molecule has 0 atom stereocenters. The molecule has 8 heteroatoms. The molecule has 0 spiro atoms. The summed E-state index contributed by atoms with van der Waals surface area (Å²) in [6, 6.07) is 11.2. The highest BCUT2D eigenvalue weighted by Crippen LogP contribution is 2.20. The third-order valence-electron chi connectivity index (χ3n) is 3.34. The van der Waals surface area contributed by atoms with Gasteiger partial charge in [0.1, 0.15) is 12.4 Å². The van der Waals surface area contributed by atoms with E-state index in [1.54, 1.807) is 30.3 Å². The molecule has 26 heavy (non-hydrogen) atoms. The minimum absolute atomic E-state index is 0.226. The first kappa shape index (κ1) is 19.8. The van der Waals surface area contributed by atoms with E-state index in [4.69, 9.17) is 27.9 Å². The number of rotatable bonds is 7. The molecule has 0 heterocycles. The zero-order valence-electron chi connectivity index (χ0n) is 13.8. The van der Waals surface area contributed by atoms with Crippen LogP contribution in [0.4, 0.5) is 0 Å². The van der Waals surface area contributed by atoms with Gasteiger partial charge in [-0.2, -0.15) is 5.10 Å². The van der Waals surface area contributed by atoms with Crippen molar-refractivity contribution in [1.82, 2.24) is 5.43 Å². The SMILES string of the molecule is CC/C(=N/NC(=O)c1cc(Cl)ccc1Cl)c1ccc(OCC(=O)[O-])cc1. The lowest BCUT2D eigenvalue weighted by atomic mass is 10.1. The van der Waals surface area contributed by atoms with Gasteiger partial charge in [-0.3, -0.25) is 4.79 Å². The topological polar surface area (TPSA) is 90.8 Å². The normalized spacial score (nSPS) is 11.1. The number of carbonyl (C=O) groups excluding carboxylic acids is 2. The number of hydrogen-bond acceptors (Lipinski definition) is 5. The summed E-state index contributed by atoms with van der Waals surface area (Å²) in [6.45, 7) is 1.36. The molecule has 6 nitrogen and oxygen atoms in total. The van der Waals surface area contributed by atoms with Gasteiger partial charge < -0.3 is 14.6 Å². The molecule has 2 aromatic carbocycles. The summed E-state index contributed by atoms with van der Waals surface area (Å²) in [6.07, 6.45) is 0.558. The molecule has 0 aliphatic rings. The second-order valence-electron chi connectivity index (χ2n) is 5.16. The first-order chi connectivity index (χ1) is 12.4. The van der Waals surface area contributed by atoms with E-state index >= 15 is 0 Å². The summed E-state index contributed by atoms with van der Waals surface area (Å²) in [5.74, 6) is -1.38. The smallest absolute Gasteiger partial charge is 0.272 e. The number of ether oxygens (including phenoxy) is 1. The molecule has 0 bridgehead atoms. The van der Waals surface area contributed by atoms with Crippen LogP contribution in [0.25, 0.3) is 0 Å². The fraction of sp³-hybridized carbons (Fsp3) is 0.167. The molecule has 0 unspecified atom stereocenters. The van der Waals surface area contributed by atoms with Gasteiger partial charge in [-0.15, -0.1) is 0 Å². The van der Waals surface area contributed by atoms with Gasteiger partial charge in [0.25, 0.3) is 5.91 Å². The predicted molar refractivity (Wildman–Crippen MR) is 97.7 cm³/mol. The van der Waals surface area contributed by atoms with Crippen molar-refractivity contribution in [1.29, 1.82) is 0 Å². The molecule has 0 aromatic heterocycles. The van der Waals surface area contributed by atoms with Crippen LogP contribution in [-0.2, 0) is 4.79 Å². The Bertz CT molecular complexity index is 836. The number of hydrazone groups is 1. The molecular formula is C18H15Cl2N2O4-. The summed E-state index contributed by atoms with van der Waals surface area (Å²) in [5.41, 5.74) is 4.07. The summed E-state index contributed by atoms with van der Waals surface area (Å²) in [7, 11) is 0. The van der Waals surface area contributed by atoms with Gasteiger partial charge in [0, 0.05) is 5.02 Å². The third-order valence-corrected chi connectivity index (χ3v) is 3.91. The van der Waals surface area contributed by atoms with Gasteiger partial charge in [-0.1, -0.05) is 30.1 Å². The van der Waals surface area contributed by atoms with E-state index in [-0.39, 0.29) is 10.6 Å². The van der Waals surface area contributed by atoms with E-state index in [0.717, 1.165) is 5.56 Å². The average molecular weight is 394 g/mol. The van der Waals surface area contributed by atoms with Gasteiger partial charge in [0.05, 0.1) is 22.3 Å². The molecule has 2 rings (SSSR count).